The smallest absolute Gasteiger partial charge is 0.306 e. The molecule has 0 aliphatic rings. The van der Waals surface area contributed by atoms with Gasteiger partial charge in [0.25, 0.3) is 0 Å². The van der Waals surface area contributed by atoms with Gasteiger partial charge in [0.15, 0.2) is 0 Å². The lowest BCUT2D eigenvalue weighted by Gasteiger charge is -2.03. The summed E-state index contributed by atoms with van der Waals surface area (Å²) in [6.45, 7) is 14.7. The Labute approximate surface area is 167 Å². The number of hydrogen-bond donors (Lipinski definition) is 0. The molecule has 0 bridgehead atoms. The van der Waals surface area contributed by atoms with E-state index in [2.05, 4.69) is 65.5 Å². The highest BCUT2D eigenvalue weighted by Crippen LogP contribution is 2.14. The van der Waals surface area contributed by atoms with Gasteiger partial charge in [-0.3, -0.25) is 4.79 Å². The highest BCUT2D eigenvalue weighted by atomic mass is 16.5. The van der Waals surface area contributed by atoms with Gasteiger partial charge in [-0.2, -0.15) is 0 Å². The summed E-state index contributed by atoms with van der Waals surface area (Å²) >= 11 is 0. The molecule has 2 heteroatoms. The average molecular weight is 373 g/mol. The molecule has 0 heterocycles. The SMILES string of the molecule is C=CCOC(=O)CCC=C(C)CCC=C(C)CCC=C(C)CCC=C(C)C. The van der Waals surface area contributed by atoms with Gasteiger partial charge >= 0.3 is 5.97 Å². The number of carbonyl (C=O) groups is 1. The monoisotopic (exact) mass is 372 g/mol. The van der Waals surface area contributed by atoms with Gasteiger partial charge in [-0.15, -0.1) is 0 Å². The van der Waals surface area contributed by atoms with Crippen LogP contribution in [0.4, 0.5) is 0 Å². The van der Waals surface area contributed by atoms with E-state index in [1.807, 2.05) is 0 Å². The molecule has 0 saturated carbocycles. The number of allylic oxidation sites excluding steroid dienone is 8. The van der Waals surface area contributed by atoms with Crippen LogP contribution >= 0.6 is 0 Å². The fourth-order valence-corrected chi connectivity index (χ4v) is 2.65. The molecule has 0 radical (unpaired) electrons. The molecule has 0 atom stereocenters. The second kappa shape index (κ2) is 16.4. The van der Waals surface area contributed by atoms with E-state index in [0.717, 1.165) is 38.5 Å². The van der Waals surface area contributed by atoms with E-state index in [9.17, 15) is 4.79 Å². The summed E-state index contributed by atoms with van der Waals surface area (Å²) in [6, 6.07) is 0. The minimum absolute atomic E-state index is 0.154. The summed E-state index contributed by atoms with van der Waals surface area (Å²) in [5.41, 5.74) is 5.69. The second-order valence-corrected chi connectivity index (χ2v) is 7.56. The van der Waals surface area contributed by atoms with E-state index in [0.29, 0.717) is 13.0 Å². The van der Waals surface area contributed by atoms with Gasteiger partial charge < -0.3 is 4.74 Å². The van der Waals surface area contributed by atoms with Crippen LogP contribution in [0.1, 0.15) is 86.0 Å². The van der Waals surface area contributed by atoms with Gasteiger partial charge in [0, 0.05) is 6.42 Å². The number of ether oxygens (including phenoxy) is 1. The summed E-state index contributed by atoms with van der Waals surface area (Å²) in [5.74, 6) is -0.154. The number of hydrogen-bond acceptors (Lipinski definition) is 2. The van der Waals surface area contributed by atoms with Gasteiger partial charge in [0.1, 0.15) is 6.61 Å². The Morgan fingerprint density at radius 3 is 1.52 bits per heavy atom. The van der Waals surface area contributed by atoms with Crippen molar-refractivity contribution < 1.29 is 9.53 Å². The van der Waals surface area contributed by atoms with Crippen molar-refractivity contribution >= 4 is 5.97 Å². The first kappa shape index (κ1) is 25.2. The van der Waals surface area contributed by atoms with E-state index in [4.69, 9.17) is 4.74 Å². The molecule has 0 N–H and O–H groups in total. The maximum Gasteiger partial charge on any atom is 0.306 e. The Balaban J connectivity index is 4.00. The van der Waals surface area contributed by atoms with Crippen LogP contribution in [0.3, 0.4) is 0 Å². The Kier molecular flexibility index (Phi) is 15.2. The van der Waals surface area contributed by atoms with Gasteiger partial charge in [0.2, 0.25) is 0 Å². The second-order valence-electron chi connectivity index (χ2n) is 7.56. The van der Waals surface area contributed by atoms with Crippen LogP contribution in [-0.2, 0) is 9.53 Å². The molecule has 0 spiro atoms. The van der Waals surface area contributed by atoms with E-state index in [-0.39, 0.29) is 5.97 Å². The van der Waals surface area contributed by atoms with Gasteiger partial charge in [-0.25, -0.2) is 0 Å². The van der Waals surface area contributed by atoms with E-state index < -0.39 is 0 Å². The molecule has 0 aliphatic carbocycles. The van der Waals surface area contributed by atoms with Crippen molar-refractivity contribution in [3.8, 4) is 0 Å². The van der Waals surface area contributed by atoms with Crippen LogP contribution in [0.25, 0.3) is 0 Å². The first-order valence-corrected chi connectivity index (χ1v) is 10.2. The molecule has 0 fully saturated rings. The normalized spacial score (nSPS) is 12.7. The van der Waals surface area contributed by atoms with Crippen LogP contribution in [-0.4, -0.2) is 12.6 Å². The first-order valence-electron chi connectivity index (χ1n) is 10.2. The third-order valence-electron chi connectivity index (χ3n) is 4.36. The number of carbonyl (C=O) groups excluding carboxylic acids is 1. The number of esters is 1. The Bertz CT molecular complexity index is 555. The maximum absolute atomic E-state index is 11.4. The Morgan fingerprint density at radius 2 is 1.11 bits per heavy atom. The summed E-state index contributed by atoms with van der Waals surface area (Å²) in [7, 11) is 0. The average Bonchev–Trinajstić information content (AvgIpc) is 2.59. The van der Waals surface area contributed by atoms with Crippen molar-refractivity contribution in [2.75, 3.05) is 6.61 Å². The summed E-state index contributed by atoms with van der Waals surface area (Å²) in [5, 5.41) is 0. The molecule has 0 unspecified atom stereocenters. The minimum atomic E-state index is -0.154. The third kappa shape index (κ3) is 17.3. The fraction of sp³-hybridized carbons (Fsp3) is 0.560. The molecule has 2 nitrogen and oxygen atoms in total. The predicted octanol–water partition coefficient (Wildman–Crippen LogP) is 7.64. The predicted molar refractivity (Wildman–Crippen MR) is 119 cm³/mol. The lowest BCUT2D eigenvalue weighted by molar-refractivity contribution is -0.142. The highest BCUT2D eigenvalue weighted by molar-refractivity contribution is 5.69. The van der Waals surface area contributed by atoms with Crippen molar-refractivity contribution in [1.82, 2.24) is 0 Å². The maximum atomic E-state index is 11.4. The molecule has 0 aromatic heterocycles. The molecule has 0 aromatic rings. The molecule has 0 saturated heterocycles. The Hall–Kier alpha value is -1.83. The molecule has 0 aliphatic heterocycles. The first-order chi connectivity index (χ1) is 12.8. The van der Waals surface area contributed by atoms with Crippen molar-refractivity contribution in [3.05, 3.63) is 59.3 Å². The van der Waals surface area contributed by atoms with Crippen molar-refractivity contribution in [2.24, 2.45) is 0 Å². The van der Waals surface area contributed by atoms with Crippen molar-refractivity contribution in [3.63, 3.8) is 0 Å². The van der Waals surface area contributed by atoms with Crippen LogP contribution in [0, 0.1) is 0 Å². The van der Waals surface area contributed by atoms with Crippen molar-refractivity contribution in [2.45, 2.75) is 86.0 Å². The largest absolute Gasteiger partial charge is 0.461 e. The van der Waals surface area contributed by atoms with Crippen LogP contribution in [0.15, 0.2) is 59.3 Å². The minimum Gasteiger partial charge on any atom is -0.461 e. The lowest BCUT2D eigenvalue weighted by atomic mass is 10.0. The summed E-state index contributed by atoms with van der Waals surface area (Å²) in [4.78, 5) is 11.4. The van der Waals surface area contributed by atoms with E-state index in [1.165, 1.54) is 28.7 Å². The van der Waals surface area contributed by atoms with E-state index >= 15 is 0 Å². The fourth-order valence-electron chi connectivity index (χ4n) is 2.65. The van der Waals surface area contributed by atoms with Gasteiger partial charge in [-0.05, 0) is 79.6 Å². The molecule has 0 aromatic carbocycles. The zero-order chi connectivity index (χ0) is 20.5. The van der Waals surface area contributed by atoms with E-state index in [1.54, 1.807) is 6.08 Å². The zero-order valence-electron chi connectivity index (χ0n) is 18.3. The third-order valence-corrected chi connectivity index (χ3v) is 4.36. The van der Waals surface area contributed by atoms with Gasteiger partial charge in [0.05, 0.1) is 0 Å². The topological polar surface area (TPSA) is 26.3 Å². The standard InChI is InChI=1S/C25H40O2/c1-7-20-27-25(26)19-11-18-24(6)17-10-16-23(5)15-9-14-22(4)13-8-12-21(2)3/h7,12,14,16,18H,1,8-11,13,15,17,19-20H2,2-6H3. The van der Waals surface area contributed by atoms with Crippen LogP contribution < -0.4 is 0 Å². The van der Waals surface area contributed by atoms with Crippen LogP contribution in [0.2, 0.25) is 0 Å². The zero-order valence-corrected chi connectivity index (χ0v) is 18.3. The molecule has 152 valence electrons. The molecule has 0 amide bonds. The molecule has 27 heavy (non-hydrogen) atoms. The summed E-state index contributed by atoms with van der Waals surface area (Å²) in [6.07, 6.45) is 18.7. The van der Waals surface area contributed by atoms with Crippen LogP contribution in [0.5, 0.6) is 0 Å². The summed E-state index contributed by atoms with van der Waals surface area (Å²) < 4.78 is 4.97. The molecular weight excluding hydrogens is 332 g/mol. The quantitative estimate of drug-likeness (QED) is 0.231. The number of rotatable bonds is 14. The molecule has 0 rings (SSSR count). The van der Waals surface area contributed by atoms with Crippen molar-refractivity contribution in [1.29, 1.82) is 0 Å². The molecular formula is C25H40O2. The Morgan fingerprint density at radius 1 is 0.704 bits per heavy atom. The van der Waals surface area contributed by atoms with Gasteiger partial charge in [-0.1, -0.05) is 59.3 Å². The highest BCUT2D eigenvalue weighted by Gasteiger charge is 1.99. The lowest BCUT2D eigenvalue weighted by Crippen LogP contribution is -2.03.